The summed E-state index contributed by atoms with van der Waals surface area (Å²) in [6.07, 6.45) is 11.0. The molecule has 0 aromatic carbocycles. The number of esters is 1. The number of rotatable bonds is 6. The Morgan fingerprint density at radius 1 is 1.11 bits per heavy atom. The molecule has 0 saturated carbocycles. The van der Waals surface area contributed by atoms with Crippen LogP contribution in [-0.2, 0) is 33.2 Å². The molecule has 5 aliphatic heterocycles. The number of aliphatic hydroxyl groups is 2. The van der Waals surface area contributed by atoms with E-state index < -0.39 is 83.0 Å². The molecule has 1 aliphatic carbocycles. The van der Waals surface area contributed by atoms with Gasteiger partial charge in [-0.2, -0.15) is 0 Å². The van der Waals surface area contributed by atoms with E-state index in [0.29, 0.717) is 30.4 Å². The zero-order valence-corrected chi connectivity index (χ0v) is 33.6. The van der Waals surface area contributed by atoms with Crippen LogP contribution in [-0.4, -0.2) is 107 Å². The Kier molecular flexibility index (Phi) is 12.4. The summed E-state index contributed by atoms with van der Waals surface area (Å²) < 4.78 is 38.5. The number of carbonyl (C=O) groups excluding carboxylic acids is 1. The summed E-state index contributed by atoms with van der Waals surface area (Å²) in [5.74, 6) is -2.73. The van der Waals surface area contributed by atoms with Crippen LogP contribution in [0.25, 0.3) is 0 Å². The second-order valence-electron chi connectivity index (χ2n) is 17.2. The lowest BCUT2D eigenvalue weighted by Gasteiger charge is -2.48. The van der Waals surface area contributed by atoms with E-state index in [2.05, 4.69) is 46.8 Å². The van der Waals surface area contributed by atoms with Crippen molar-refractivity contribution in [2.45, 2.75) is 146 Å². The Morgan fingerprint density at radius 3 is 2.55 bits per heavy atom. The van der Waals surface area contributed by atoms with Gasteiger partial charge in [0.25, 0.3) is 0 Å². The third-order valence-corrected chi connectivity index (χ3v) is 13.5. The summed E-state index contributed by atoms with van der Waals surface area (Å²) in [6.45, 7) is 13.6. The summed E-state index contributed by atoms with van der Waals surface area (Å²) in [6, 6.07) is 0. The number of ether oxygens (including phenoxy) is 6. The van der Waals surface area contributed by atoms with Crippen molar-refractivity contribution in [3.05, 3.63) is 69.4 Å². The van der Waals surface area contributed by atoms with Crippen molar-refractivity contribution in [1.82, 2.24) is 0 Å². The quantitative estimate of drug-likeness (QED) is 0.146. The van der Waals surface area contributed by atoms with Gasteiger partial charge in [0, 0.05) is 43.1 Å². The molecule has 0 radical (unpaired) electrons. The molecule has 4 unspecified atom stereocenters. The first-order chi connectivity index (χ1) is 26.0. The molecule has 0 amide bonds. The highest BCUT2D eigenvalue weighted by Gasteiger charge is 2.60. The number of aliphatic hydroxyl groups excluding tert-OH is 1. The van der Waals surface area contributed by atoms with Gasteiger partial charge in [-0.15, -0.1) is 0 Å². The fourth-order valence-corrected chi connectivity index (χ4v) is 9.95. The van der Waals surface area contributed by atoms with Crippen molar-refractivity contribution in [3.8, 4) is 0 Å². The minimum atomic E-state index is -1.84. The molecule has 13 heteroatoms. The number of methoxy groups -OCH3 is 1. The average molecular weight is 771 g/mol. The maximum Gasteiger partial charge on any atom is 0.316 e. The largest absolute Gasteiger partial charge is 0.462 e. The second kappa shape index (κ2) is 16.2. The fraction of sp³-hybridized carbons (Fsp3) is 0.738. The van der Waals surface area contributed by atoms with Crippen molar-refractivity contribution in [2.24, 2.45) is 35.3 Å². The number of nitrogens with two attached hydrogens (primary N) is 1. The lowest BCUT2D eigenvalue weighted by Crippen LogP contribution is -2.68. The highest BCUT2D eigenvalue weighted by Crippen LogP contribution is 2.47. The van der Waals surface area contributed by atoms with Crippen LogP contribution in [0.15, 0.2) is 59.3 Å². The fourth-order valence-electron chi connectivity index (χ4n) is 9.95. The van der Waals surface area contributed by atoms with E-state index >= 15 is 0 Å². The van der Waals surface area contributed by atoms with E-state index in [1.165, 1.54) is 7.11 Å². The molecule has 55 heavy (non-hydrogen) atoms. The third-order valence-electron chi connectivity index (χ3n) is 13.5. The van der Waals surface area contributed by atoms with Crippen molar-refractivity contribution < 1.29 is 48.4 Å². The SMILES string of the molecule is CCC(C)[C@H]1O[C@]2(C=C[C@@H]1C)CC1C[C@@H](C/C=C(\C)[C@@H](C3C[C@H](OC)C(N)(C[N+](=O)[O-])[C@H](C)O3)[C@@H](C)/C=C/C=C3\CO[C@@H]4[C@H](O)C(C)=C[C@@H](C(=O)O1)[C@]34O)O2. The highest BCUT2D eigenvalue weighted by atomic mass is 16.7. The minimum absolute atomic E-state index is 0.0221. The number of hydrogen-bond acceptors (Lipinski definition) is 12. The molecule has 2 bridgehead atoms. The molecule has 5 heterocycles. The molecule has 1 spiro atoms. The van der Waals surface area contributed by atoms with Gasteiger partial charge >= 0.3 is 5.97 Å². The van der Waals surface area contributed by atoms with E-state index in [4.69, 9.17) is 34.2 Å². The molecule has 4 N–H and O–H groups in total. The molecule has 0 aromatic heterocycles. The van der Waals surface area contributed by atoms with Crippen LogP contribution >= 0.6 is 0 Å². The van der Waals surface area contributed by atoms with Gasteiger partial charge in [0.05, 0.1) is 37.1 Å². The number of allylic oxidation sites excluding steroid dienone is 3. The average Bonchev–Trinajstić information content (AvgIpc) is 3.47. The standard InChI is InChI=1S/C42H62N2O11/c1-9-23(2)37-26(5)15-16-40(55-37)20-31-18-30(54-40)14-13-25(4)35(33-19-34(50-8)41(43,22-44(48)49)28(7)52-33)24(3)11-10-12-29-21-51-38-36(45)27(6)17-32(39(46)53-31)42(29,38)47/h10-13,15-17,23-24,26,28,30-38,45,47H,9,14,18-22,43H2,1-8H3/b11-10+,25-13+,29-12+/t23?,24-,26-,28-,30+,31?,32-,33?,34-,35-,36+,37+,38+,40+,41?,42+/m0/s1. The Labute approximate surface area is 325 Å². The van der Waals surface area contributed by atoms with Crippen molar-refractivity contribution in [2.75, 3.05) is 20.3 Å². The zero-order chi connectivity index (χ0) is 40.0. The van der Waals surface area contributed by atoms with Crippen LogP contribution in [0.4, 0.5) is 0 Å². The lowest BCUT2D eigenvalue weighted by atomic mass is 9.71. The van der Waals surface area contributed by atoms with Gasteiger partial charge in [-0.05, 0) is 56.3 Å². The first-order valence-electron chi connectivity index (χ1n) is 20.1. The van der Waals surface area contributed by atoms with E-state index in [1.807, 2.05) is 18.2 Å². The molecule has 16 atom stereocenters. The van der Waals surface area contributed by atoms with Crippen LogP contribution in [0, 0.1) is 39.7 Å². The second-order valence-corrected chi connectivity index (χ2v) is 17.2. The highest BCUT2D eigenvalue weighted by molar-refractivity contribution is 5.78. The van der Waals surface area contributed by atoms with Crippen molar-refractivity contribution >= 4 is 5.97 Å². The van der Waals surface area contributed by atoms with Crippen LogP contribution in [0.3, 0.4) is 0 Å². The summed E-state index contributed by atoms with van der Waals surface area (Å²) in [5, 5.41) is 35.3. The maximum atomic E-state index is 14.3. The van der Waals surface area contributed by atoms with Gasteiger partial charge in [-0.3, -0.25) is 14.9 Å². The van der Waals surface area contributed by atoms with Crippen LogP contribution in [0.5, 0.6) is 0 Å². The summed E-state index contributed by atoms with van der Waals surface area (Å²) in [7, 11) is 1.53. The molecule has 306 valence electrons. The number of carbonyl (C=O) groups is 1. The molecular weight excluding hydrogens is 708 g/mol. The third kappa shape index (κ3) is 7.92. The van der Waals surface area contributed by atoms with Crippen LogP contribution in [0.2, 0.25) is 0 Å². The molecule has 3 fully saturated rings. The van der Waals surface area contributed by atoms with Crippen molar-refractivity contribution in [3.63, 3.8) is 0 Å². The van der Waals surface area contributed by atoms with E-state index in [-0.39, 0.29) is 42.8 Å². The number of hydrogen-bond donors (Lipinski definition) is 3. The first kappa shape index (κ1) is 41.9. The van der Waals surface area contributed by atoms with E-state index in [1.54, 1.807) is 26.0 Å². The monoisotopic (exact) mass is 770 g/mol. The summed E-state index contributed by atoms with van der Waals surface area (Å²) >= 11 is 0. The van der Waals surface area contributed by atoms with Crippen LogP contribution < -0.4 is 5.73 Å². The molecule has 0 aromatic rings. The first-order valence-corrected chi connectivity index (χ1v) is 20.1. The minimum Gasteiger partial charge on any atom is -0.462 e. The van der Waals surface area contributed by atoms with Gasteiger partial charge in [0.1, 0.15) is 35.4 Å². The van der Waals surface area contributed by atoms with E-state index in [0.717, 1.165) is 12.0 Å². The number of nitro groups is 1. The zero-order valence-electron chi connectivity index (χ0n) is 33.6. The molecule has 3 saturated heterocycles. The van der Waals surface area contributed by atoms with Gasteiger partial charge in [-0.25, -0.2) is 0 Å². The topological polar surface area (TPSA) is 182 Å². The number of fused-ring (bicyclic) bond motifs is 2. The van der Waals surface area contributed by atoms with E-state index in [9.17, 15) is 25.1 Å². The number of nitrogens with zero attached hydrogens (tertiary/aromatic N) is 1. The molecule has 6 rings (SSSR count). The molecule has 13 nitrogen and oxygen atoms in total. The summed E-state index contributed by atoms with van der Waals surface area (Å²) in [4.78, 5) is 25.5. The Hall–Kier alpha value is -2.75. The lowest BCUT2D eigenvalue weighted by molar-refractivity contribution is -0.497. The predicted octanol–water partition coefficient (Wildman–Crippen LogP) is 4.73. The predicted molar refractivity (Wildman–Crippen MR) is 204 cm³/mol. The van der Waals surface area contributed by atoms with Gasteiger partial charge < -0.3 is 44.4 Å². The molecular formula is C42H62N2O11. The van der Waals surface area contributed by atoms with Gasteiger partial charge in [0.15, 0.2) is 5.79 Å². The molecule has 6 aliphatic rings. The Balaban J connectivity index is 1.42. The Bertz CT molecular complexity index is 1610. The van der Waals surface area contributed by atoms with Gasteiger partial charge in [0.2, 0.25) is 6.54 Å². The van der Waals surface area contributed by atoms with Crippen LogP contribution in [0.1, 0.15) is 80.6 Å². The smallest absolute Gasteiger partial charge is 0.316 e. The normalized spacial score (nSPS) is 48.1. The summed E-state index contributed by atoms with van der Waals surface area (Å²) in [5.41, 5.74) is 5.53. The van der Waals surface area contributed by atoms with Crippen molar-refractivity contribution in [1.29, 1.82) is 0 Å². The Morgan fingerprint density at radius 2 is 1.85 bits per heavy atom. The van der Waals surface area contributed by atoms with Gasteiger partial charge in [-0.1, -0.05) is 76.1 Å². The maximum absolute atomic E-state index is 14.3.